The first-order chi connectivity index (χ1) is 10.0. The van der Waals surface area contributed by atoms with Crippen molar-refractivity contribution in [1.29, 1.82) is 0 Å². The van der Waals surface area contributed by atoms with Crippen molar-refractivity contribution in [2.45, 2.75) is 30.5 Å². The molecule has 0 unspecified atom stereocenters. The van der Waals surface area contributed by atoms with E-state index in [-0.39, 0.29) is 10.6 Å². The van der Waals surface area contributed by atoms with Crippen LogP contribution in [-0.4, -0.2) is 15.0 Å². The molecule has 0 fully saturated rings. The number of furan rings is 1. The van der Waals surface area contributed by atoms with Gasteiger partial charge in [0.1, 0.15) is 17.3 Å². The quantitative estimate of drug-likeness (QED) is 0.792. The Hall–Kier alpha value is -1.30. The van der Waals surface area contributed by atoms with Crippen LogP contribution in [0.5, 0.6) is 0 Å². The molecule has 0 saturated carbocycles. The molecule has 0 saturated heterocycles. The molecule has 0 aliphatic heterocycles. The highest BCUT2D eigenvalue weighted by Crippen LogP contribution is 2.20. The van der Waals surface area contributed by atoms with Gasteiger partial charge in [0, 0.05) is 5.02 Å². The Balaban J connectivity index is 2.05. The first kappa shape index (κ1) is 16.1. The summed E-state index contributed by atoms with van der Waals surface area (Å²) in [6.45, 7) is 3.59. The normalized spacial score (nSPS) is 11.7. The molecule has 1 heterocycles. The molecule has 1 aromatic heterocycles. The van der Waals surface area contributed by atoms with Crippen molar-refractivity contribution in [3.63, 3.8) is 0 Å². The first-order valence-corrected chi connectivity index (χ1v) is 8.81. The highest BCUT2D eigenvalue weighted by molar-refractivity contribution is 7.90. The van der Waals surface area contributed by atoms with Crippen LogP contribution in [0, 0.1) is 0 Å². The van der Waals surface area contributed by atoms with Gasteiger partial charge in [0.15, 0.2) is 9.84 Å². The summed E-state index contributed by atoms with van der Waals surface area (Å²) in [4.78, 5) is 0.244. The summed E-state index contributed by atoms with van der Waals surface area (Å²) in [6.07, 6.45) is 1.04. The summed E-state index contributed by atoms with van der Waals surface area (Å²) in [5.41, 5.74) is 0. The molecular weight excluding hydrogens is 310 g/mol. The molecule has 0 radical (unpaired) electrons. The standard InChI is InChI=1S/C15H18ClNO3S/c1-2-9-17-10-13-5-6-14(20-13)11-21(18,19)15-7-3-12(16)4-8-15/h3-8,17H,2,9-11H2,1H3. The summed E-state index contributed by atoms with van der Waals surface area (Å²) < 4.78 is 30.1. The molecule has 0 atom stereocenters. The zero-order valence-corrected chi connectivity index (χ0v) is 13.4. The van der Waals surface area contributed by atoms with Gasteiger partial charge in [-0.25, -0.2) is 8.42 Å². The van der Waals surface area contributed by atoms with Crippen LogP contribution in [0.15, 0.2) is 45.7 Å². The zero-order chi connectivity index (χ0) is 15.3. The van der Waals surface area contributed by atoms with E-state index < -0.39 is 9.84 Å². The molecule has 1 aromatic carbocycles. The molecule has 0 aliphatic carbocycles. The molecule has 0 amide bonds. The largest absolute Gasteiger partial charge is 0.464 e. The van der Waals surface area contributed by atoms with E-state index in [1.54, 1.807) is 24.3 Å². The van der Waals surface area contributed by atoms with Crippen LogP contribution in [-0.2, 0) is 22.1 Å². The minimum atomic E-state index is -3.41. The van der Waals surface area contributed by atoms with E-state index in [1.165, 1.54) is 12.1 Å². The fraction of sp³-hybridized carbons (Fsp3) is 0.333. The van der Waals surface area contributed by atoms with E-state index >= 15 is 0 Å². The van der Waals surface area contributed by atoms with E-state index in [2.05, 4.69) is 12.2 Å². The van der Waals surface area contributed by atoms with Gasteiger partial charge in [-0.2, -0.15) is 0 Å². The van der Waals surface area contributed by atoms with Gasteiger partial charge in [-0.3, -0.25) is 0 Å². The van der Waals surface area contributed by atoms with Crippen LogP contribution < -0.4 is 5.32 Å². The number of nitrogens with one attached hydrogen (secondary N) is 1. The van der Waals surface area contributed by atoms with Crippen LogP contribution >= 0.6 is 11.6 Å². The smallest absolute Gasteiger partial charge is 0.185 e. The average Bonchev–Trinajstić information content (AvgIpc) is 2.86. The van der Waals surface area contributed by atoms with Crippen molar-refractivity contribution in [2.24, 2.45) is 0 Å². The summed E-state index contributed by atoms with van der Waals surface area (Å²) in [7, 11) is -3.41. The topological polar surface area (TPSA) is 59.3 Å². The Morgan fingerprint density at radius 2 is 1.76 bits per heavy atom. The molecule has 0 aliphatic rings. The molecule has 6 heteroatoms. The monoisotopic (exact) mass is 327 g/mol. The lowest BCUT2D eigenvalue weighted by Gasteiger charge is -2.03. The van der Waals surface area contributed by atoms with Crippen LogP contribution in [0.25, 0.3) is 0 Å². The highest BCUT2D eigenvalue weighted by atomic mass is 35.5. The number of halogens is 1. The maximum atomic E-state index is 12.3. The second-order valence-electron chi connectivity index (χ2n) is 4.76. The van der Waals surface area contributed by atoms with Gasteiger partial charge in [-0.05, 0) is 49.4 Å². The van der Waals surface area contributed by atoms with Gasteiger partial charge in [0.05, 0.1) is 11.4 Å². The Labute approximate surface area is 130 Å². The van der Waals surface area contributed by atoms with Crippen LogP contribution in [0.3, 0.4) is 0 Å². The minimum Gasteiger partial charge on any atom is -0.464 e. The third kappa shape index (κ3) is 4.59. The van der Waals surface area contributed by atoms with Gasteiger partial charge in [0.25, 0.3) is 0 Å². The fourth-order valence-corrected chi connectivity index (χ4v) is 3.27. The number of rotatable bonds is 7. The zero-order valence-electron chi connectivity index (χ0n) is 11.8. The SMILES string of the molecule is CCCNCc1ccc(CS(=O)(=O)c2ccc(Cl)cc2)o1. The number of benzene rings is 1. The summed E-state index contributed by atoms with van der Waals surface area (Å²) in [5.74, 6) is 1.03. The molecular formula is C15H18ClNO3S. The van der Waals surface area contributed by atoms with Crippen molar-refractivity contribution in [3.05, 3.63) is 52.9 Å². The van der Waals surface area contributed by atoms with Crippen molar-refractivity contribution >= 4 is 21.4 Å². The Kier molecular flexibility index (Phi) is 5.45. The van der Waals surface area contributed by atoms with E-state index in [1.807, 2.05) is 0 Å². The maximum Gasteiger partial charge on any atom is 0.185 e. The summed E-state index contributed by atoms with van der Waals surface area (Å²) in [5, 5.41) is 3.72. The van der Waals surface area contributed by atoms with Gasteiger partial charge in [-0.1, -0.05) is 18.5 Å². The van der Waals surface area contributed by atoms with E-state index in [0.717, 1.165) is 18.7 Å². The Morgan fingerprint density at radius 1 is 1.10 bits per heavy atom. The number of sulfone groups is 1. The molecule has 1 N–H and O–H groups in total. The second-order valence-corrected chi connectivity index (χ2v) is 7.18. The minimum absolute atomic E-state index is 0.150. The molecule has 4 nitrogen and oxygen atoms in total. The third-order valence-electron chi connectivity index (χ3n) is 2.95. The van der Waals surface area contributed by atoms with Crippen LogP contribution in [0.2, 0.25) is 5.02 Å². The number of hydrogen-bond donors (Lipinski definition) is 1. The molecule has 21 heavy (non-hydrogen) atoms. The highest BCUT2D eigenvalue weighted by Gasteiger charge is 2.17. The number of hydrogen-bond acceptors (Lipinski definition) is 4. The summed E-state index contributed by atoms with van der Waals surface area (Å²) >= 11 is 5.77. The molecule has 0 bridgehead atoms. The lowest BCUT2D eigenvalue weighted by atomic mass is 10.4. The van der Waals surface area contributed by atoms with Crippen molar-refractivity contribution < 1.29 is 12.8 Å². The van der Waals surface area contributed by atoms with Crippen molar-refractivity contribution in [2.75, 3.05) is 6.54 Å². The van der Waals surface area contributed by atoms with Crippen LogP contribution in [0.4, 0.5) is 0 Å². The molecule has 0 spiro atoms. The van der Waals surface area contributed by atoms with E-state index in [0.29, 0.717) is 17.3 Å². The van der Waals surface area contributed by atoms with Gasteiger partial charge >= 0.3 is 0 Å². The van der Waals surface area contributed by atoms with Gasteiger partial charge < -0.3 is 9.73 Å². The predicted molar refractivity (Wildman–Crippen MR) is 83.0 cm³/mol. The lowest BCUT2D eigenvalue weighted by molar-refractivity contribution is 0.456. The third-order valence-corrected chi connectivity index (χ3v) is 4.86. The molecule has 2 aromatic rings. The second kappa shape index (κ2) is 7.11. The van der Waals surface area contributed by atoms with E-state index in [9.17, 15) is 8.42 Å². The Bertz CT molecular complexity index is 677. The average molecular weight is 328 g/mol. The van der Waals surface area contributed by atoms with E-state index in [4.69, 9.17) is 16.0 Å². The van der Waals surface area contributed by atoms with Gasteiger partial charge in [-0.15, -0.1) is 0 Å². The molecule has 2 rings (SSSR count). The van der Waals surface area contributed by atoms with Crippen molar-refractivity contribution in [1.82, 2.24) is 5.32 Å². The molecule has 114 valence electrons. The predicted octanol–water partition coefficient (Wildman–Crippen LogP) is 3.41. The fourth-order valence-electron chi connectivity index (χ4n) is 1.90. The van der Waals surface area contributed by atoms with Crippen molar-refractivity contribution in [3.8, 4) is 0 Å². The summed E-state index contributed by atoms with van der Waals surface area (Å²) in [6, 6.07) is 9.65. The maximum absolute atomic E-state index is 12.3. The van der Waals surface area contributed by atoms with Gasteiger partial charge in [0.2, 0.25) is 0 Å². The lowest BCUT2D eigenvalue weighted by Crippen LogP contribution is -2.13. The first-order valence-electron chi connectivity index (χ1n) is 6.78. The Morgan fingerprint density at radius 3 is 2.43 bits per heavy atom. The van der Waals surface area contributed by atoms with Crippen LogP contribution in [0.1, 0.15) is 24.9 Å².